The van der Waals surface area contributed by atoms with E-state index in [1.165, 1.54) is 0 Å². The summed E-state index contributed by atoms with van der Waals surface area (Å²) in [6, 6.07) is 0. The first-order valence-electron chi connectivity index (χ1n) is 6.96. The molecule has 4 heteroatoms. The molecule has 4 nitrogen and oxygen atoms in total. The third kappa shape index (κ3) is 11.6. The minimum Gasteiger partial charge on any atom is -0.377 e. The van der Waals surface area contributed by atoms with Crippen molar-refractivity contribution in [3.8, 4) is 0 Å². The standard InChI is InChI=1S/C14H27NO3.H2/c1-4-13(16)8-6-5-7-9-14(17)15-10-11-18-12(2)3;/h12H,4-11H2,1-3H3,(H,15,17);1H. The lowest BCUT2D eigenvalue weighted by molar-refractivity contribution is -0.121. The number of rotatable bonds is 11. The third-order valence-electron chi connectivity index (χ3n) is 2.63. The molecule has 0 rings (SSSR count). The summed E-state index contributed by atoms with van der Waals surface area (Å²) in [7, 11) is 0. The average Bonchev–Trinajstić information content (AvgIpc) is 2.33. The van der Waals surface area contributed by atoms with Gasteiger partial charge in [-0.05, 0) is 26.7 Å². The highest BCUT2D eigenvalue weighted by atomic mass is 16.5. The van der Waals surface area contributed by atoms with Crippen LogP contribution in [0.25, 0.3) is 0 Å². The topological polar surface area (TPSA) is 55.4 Å². The van der Waals surface area contributed by atoms with Gasteiger partial charge >= 0.3 is 0 Å². The second kappa shape index (κ2) is 11.2. The molecule has 0 aliphatic heterocycles. The van der Waals surface area contributed by atoms with Gasteiger partial charge in [-0.1, -0.05) is 13.3 Å². The Hall–Kier alpha value is -0.900. The van der Waals surface area contributed by atoms with Crippen LogP contribution < -0.4 is 5.32 Å². The second-order valence-corrected chi connectivity index (χ2v) is 4.72. The van der Waals surface area contributed by atoms with Gasteiger partial charge in [-0.15, -0.1) is 0 Å². The Morgan fingerprint density at radius 1 is 1.17 bits per heavy atom. The predicted octanol–water partition coefficient (Wildman–Crippen LogP) is 2.70. The molecule has 1 amide bonds. The summed E-state index contributed by atoms with van der Waals surface area (Å²) in [4.78, 5) is 22.5. The molecule has 108 valence electrons. The van der Waals surface area contributed by atoms with Gasteiger partial charge in [0.1, 0.15) is 5.78 Å². The van der Waals surface area contributed by atoms with Crippen molar-refractivity contribution in [1.82, 2.24) is 5.32 Å². The van der Waals surface area contributed by atoms with Gasteiger partial charge in [0.05, 0.1) is 12.7 Å². The zero-order chi connectivity index (χ0) is 13.8. The largest absolute Gasteiger partial charge is 0.377 e. The molecule has 0 aromatic rings. The van der Waals surface area contributed by atoms with E-state index in [1.54, 1.807) is 0 Å². The van der Waals surface area contributed by atoms with Gasteiger partial charge in [-0.3, -0.25) is 9.59 Å². The summed E-state index contributed by atoms with van der Waals surface area (Å²) in [6.07, 6.45) is 4.72. The normalized spacial score (nSPS) is 10.7. The first kappa shape index (κ1) is 17.1. The average molecular weight is 259 g/mol. The Bertz CT molecular complexity index is 245. The van der Waals surface area contributed by atoms with Gasteiger partial charge in [0.25, 0.3) is 0 Å². The number of unbranched alkanes of at least 4 members (excludes halogenated alkanes) is 2. The van der Waals surface area contributed by atoms with Crippen LogP contribution in [-0.2, 0) is 14.3 Å². The molecular formula is C14H29NO3. The summed E-state index contributed by atoms with van der Waals surface area (Å²) in [6.45, 7) is 6.97. The van der Waals surface area contributed by atoms with E-state index < -0.39 is 0 Å². The van der Waals surface area contributed by atoms with Crippen LogP contribution in [0.15, 0.2) is 0 Å². The smallest absolute Gasteiger partial charge is 0.220 e. The predicted molar refractivity (Wildman–Crippen MR) is 74.6 cm³/mol. The highest BCUT2D eigenvalue weighted by Gasteiger charge is 2.02. The number of carbonyl (C=O) groups excluding carboxylic acids is 2. The molecule has 0 heterocycles. The molecule has 0 aromatic heterocycles. The Balaban J connectivity index is 0. The monoisotopic (exact) mass is 259 g/mol. The van der Waals surface area contributed by atoms with Gasteiger partial charge in [0, 0.05) is 27.2 Å². The summed E-state index contributed by atoms with van der Waals surface area (Å²) in [5, 5.41) is 2.82. The van der Waals surface area contributed by atoms with E-state index in [1.807, 2.05) is 20.8 Å². The Labute approximate surface area is 112 Å². The molecular weight excluding hydrogens is 230 g/mol. The van der Waals surface area contributed by atoms with Gasteiger partial charge in [-0.2, -0.15) is 0 Å². The first-order chi connectivity index (χ1) is 8.56. The molecule has 0 aromatic carbocycles. The number of hydrogen-bond donors (Lipinski definition) is 1. The van der Waals surface area contributed by atoms with Crippen molar-refractivity contribution in [3.63, 3.8) is 0 Å². The molecule has 0 radical (unpaired) electrons. The van der Waals surface area contributed by atoms with E-state index >= 15 is 0 Å². The van der Waals surface area contributed by atoms with Crippen molar-refractivity contribution in [3.05, 3.63) is 0 Å². The van der Waals surface area contributed by atoms with Crippen LogP contribution in [0.3, 0.4) is 0 Å². The van der Waals surface area contributed by atoms with E-state index in [-0.39, 0.29) is 13.4 Å². The van der Waals surface area contributed by atoms with Gasteiger partial charge in [0.15, 0.2) is 0 Å². The molecule has 0 aliphatic carbocycles. The van der Waals surface area contributed by atoms with E-state index in [4.69, 9.17) is 4.74 Å². The molecule has 0 fully saturated rings. The lowest BCUT2D eigenvalue weighted by Crippen LogP contribution is -2.27. The quantitative estimate of drug-likeness (QED) is 0.580. The fraction of sp³-hybridized carbons (Fsp3) is 0.857. The highest BCUT2D eigenvalue weighted by Crippen LogP contribution is 2.04. The number of carbonyl (C=O) groups is 2. The summed E-state index contributed by atoms with van der Waals surface area (Å²) in [5.74, 6) is 0.384. The van der Waals surface area contributed by atoms with Crippen LogP contribution in [0.2, 0.25) is 0 Å². The lowest BCUT2D eigenvalue weighted by Gasteiger charge is -2.08. The molecule has 0 unspecified atom stereocenters. The second-order valence-electron chi connectivity index (χ2n) is 4.72. The molecule has 0 aliphatic rings. The van der Waals surface area contributed by atoms with Gasteiger partial charge in [-0.25, -0.2) is 0 Å². The third-order valence-corrected chi connectivity index (χ3v) is 2.63. The fourth-order valence-corrected chi connectivity index (χ4v) is 1.53. The fourth-order valence-electron chi connectivity index (χ4n) is 1.53. The number of ketones is 1. The molecule has 1 N–H and O–H groups in total. The van der Waals surface area contributed by atoms with Crippen molar-refractivity contribution < 1.29 is 15.8 Å². The maximum atomic E-state index is 11.4. The maximum Gasteiger partial charge on any atom is 0.220 e. The van der Waals surface area contributed by atoms with Crippen LogP contribution >= 0.6 is 0 Å². The van der Waals surface area contributed by atoms with Crippen molar-refractivity contribution in [2.24, 2.45) is 0 Å². The minimum atomic E-state index is 0. The Kier molecular flexibility index (Phi) is 10.6. The molecule has 0 saturated carbocycles. The molecule has 0 atom stereocenters. The summed E-state index contributed by atoms with van der Waals surface area (Å²) < 4.78 is 5.32. The Morgan fingerprint density at radius 3 is 2.44 bits per heavy atom. The lowest BCUT2D eigenvalue weighted by atomic mass is 10.1. The van der Waals surface area contributed by atoms with E-state index in [9.17, 15) is 9.59 Å². The van der Waals surface area contributed by atoms with Crippen molar-refractivity contribution in [2.45, 2.75) is 65.4 Å². The minimum absolute atomic E-state index is 0. The zero-order valence-corrected chi connectivity index (χ0v) is 12.0. The van der Waals surface area contributed by atoms with Crippen LogP contribution in [0.5, 0.6) is 0 Å². The van der Waals surface area contributed by atoms with Gasteiger partial charge < -0.3 is 10.1 Å². The number of nitrogens with one attached hydrogen (secondary N) is 1. The maximum absolute atomic E-state index is 11.4. The number of ether oxygens (including phenoxy) is 1. The van der Waals surface area contributed by atoms with Crippen molar-refractivity contribution >= 4 is 11.7 Å². The number of hydrogen-bond acceptors (Lipinski definition) is 3. The van der Waals surface area contributed by atoms with Crippen LogP contribution in [0.1, 0.15) is 60.7 Å². The molecule has 0 saturated heterocycles. The molecule has 0 bridgehead atoms. The van der Waals surface area contributed by atoms with Crippen molar-refractivity contribution in [2.75, 3.05) is 13.2 Å². The van der Waals surface area contributed by atoms with Crippen LogP contribution in [0.4, 0.5) is 0 Å². The molecule has 0 spiro atoms. The van der Waals surface area contributed by atoms with Crippen LogP contribution in [-0.4, -0.2) is 30.9 Å². The summed E-state index contributed by atoms with van der Waals surface area (Å²) >= 11 is 0. The SMILES string of the molecule is CCC(=O)CCCCCC(=O)NCCOC(C)C.[HH]. The zero-order valence-electron chi connectivity index (χ0n) is 12.0. The first-order valence-corrected chi connectivity index (χ1v) is 6.96. The number of Topliss-reactive ketones (excluding diaryl/α,β-unsaturated/α-hetero) is 1. The Morgan fingerprint density at radius 2 is 1.83 bits per heavy atom. The molecule has 18 heavy (non-hydrogen) atoms. The highest BCUT2D eigenvalue weighted by molar-refractivity contribution is 5.78. The number of amides is 1. The van der Waals surface area contributed by atoms with Crippen molar-refractivity contribution in [1.29, 1.82) is 0 Å². The van der Waals surface area contributed by atoms with E-state index in [2.05, 4.69) is 5.32 Å². The van der Waals surface area contributed by atoms with Crippen LogP contribution in [0, 0.1) is 0 Å². The summed E-state index contributed by atoms with van der Waals surface area (Å²) in [5.41, 5.74) is 0. The van der Waals surface area contributed by atoms with Gasteiger partial charge in [0.2, 0.25) is 5.91 Å². The van der Waals surface area contributed by atoms with E-state index in [0.29, 0.717) is 38.2 Å². The van der Waals surface area contributed by atoms with E-state index in [0.717, 1.165) is 19.3 Å².